The maximum absolute atomic E-state index is 11.8. The third kappa shape index (κ3) is 2.84. The van der Waals surface area contributed by atoms with Gasteiger partial charge in [-0.2, -0.15) is 0 Å². The molecule has 0 atom stereocenters. The summed E-state index contributed by atoms with van der Waals surface area (Å²) in [5, 5.41) is 2.77. The highest BCUT2D eigenvalue weighted by Crippen LogP contribution is 2.11. The molecule has 0 unspecified atom stereocenters. The van der Waals surface area contributed by atoms with Crippen molar-refractivity contribution in [3.63, 3.8) is 0 Å². The third-order valence-electron chi connectivity index (χ3n) is 2.33. The Morgan fingerprint density at radius 1 is 1.47 bits per heavy atom. The van der Waals surface area contributed by atoms with E-state index in [4.69, 9.17) is 5.73 Å². The number of rotatable bonds is 3. The van der Waals surface area contributed by atoms with Crippen LogP contribution in [0.5, 0.6) is 0 Å². The zero-order chi connectivity index (χ0) is 12.3. The van der Waals surface area contributed by atoms with Gasteiger partial charge in [-0.1, -0.05) is 0 Å². The van der Waals surface area contributed by atoms with Gasteiger partial charge in [0.1, 0.15) is 5.82 Å². The molecule has 0 radical (unpaired) electrons. The van der Waals surface area contributed by atoms with E-state index >= 15 is 0 Å². The SMILES string of the molecule is Cc1cc(N)cc(C(=O)NCc2ncc[nH]2)c1. The molecule has 1 aromatic carbocycles. The normalized spacial score (nSPS) is 10.2. The molecule has 5 heteroatoms. The van der Waals surface area contributed by atoms with Crippen molar-refractivity contribution in [2.45, 2.75) is 13.5 Å². The zero-order valence-corrected chi connectivity index (χ0v) is 9.53. The van der Waals surface area contributed by atoms with Crippen molar-refractivity contribution in [3.05, 3.63) is 47.5 Å². The molecule has 0 aliphatic rings. The van der Waals surface area contributed by atoms with Crippen LogP contribution in [0.1, 0.15) is 21.7 Å². The van der Waals surface area contributed by atoms with Gasteiger partial charge in [0.15, 0.2) is 0 Å². The van der Waals surface area contributed by atoms with Gasteiger partial charge in [-0.25, -0.2) is 4.98 Å². The molecule has 0 spiro atoms. The van der Waals surface area contributed by atoms with E-state index in [1.54, 1.807) is 24.5 Å². The lowest BCUT2D eigenvalue weighted by atomic mass is 10.1. The first-order chi connectivity index (χ1) is 8.15. The standard InChI is InChI=1S/C12H14N4O/c1-8-4-9(6-10(13)5-8)12(17)16-7-11-14-2-3-15-11/h2-6H,7,13H2,1H3,(H,14,15)(H,16,17). The average molecular weight is 230 g/mol. The Bertz CT molecular complexity index is 499. The van der Waals surface area contributed by atoms with Crippen LogP contribution >= 0.6 is 0 Å². The van der Waals surface area contributed by atoms with Crippen molar-refractivity contribution in [1.82, 2.24) is 15.3 Å². The molecule has 0 saturated heterocycles. The number of aryl methyl sites for hydroxylation is 1. The van der Waals surface area contributed by atoms with Crippen molar-refractivity contribution < 1.29 is 4.79 Å². The van der Waals surface area contributed by atoms with Gasteiger partial charge < -0.3 is 16.0 Å². The summed E-state index contributed by atoms with van der Waals surface area (Å²) >= 11 is 0. The Balaban J connectivity index is 2.04. The van der Waals surface area contributed by atoms with E-state index in [1.807, 2.05) is 13.0 Å². The predicted molar refractivity (Wildman–Crippen MR) is 65.3 cm³/mol. The van der Waals surface area contributed by atoms with E-state index < -0.39 is 0 Å². The van der Waals surface area contributed by atoms with E-state index in [9.17, 15) is 4.79 Å². The van der Waals surface area contributed by atoms with Crippen molar-refractivity contribution >= 4 is 11.6 Å². The minimum atomic E-state index is -0.156. The molecule has 0 saturated carbocycles. The fourth-order valence-corrected chi connectivity index (χ4v) is 1.60. The van der Waals surface area contributed by atoms with E-state index in [1.165, 1.54) is 0 Å². The predicted octanol–water partition coefficient (Wildman–Crippen LogP) is 1.23. The van der Waals surface area contributed by atoms with Gasteiger partial charge in [0, 0.05) is 23.6 Å². The number of hydrogen-bond donors (Lipinski definition) is 3. The first-order valence-electron chi connectivity index (χ1n) is 5.29. The molecule has 0 aliphatic carbocycles. The summed E-state index contributed by atoms with van der Waals surface area (Å²) in [6, 6.07) is 5.28. The lowest BCUT2D eigenvalue weighted by molar-refractivity contribution is 0.0950. The number of carbonyl (C=O) groups is 1. The van der Waals surface area contributed by atoms with E-state index in [-0.39, 0.29) is 5.91 Å². The molecule has 1 amide bonds. The molecule has 0 aliphatic heterocycles. The molecule has 0 bridgehead atoms. The van der Waals surface area contributed by atoms with Crippen LogP contribution < -0.4 is 11.1 Å². The van der Waals surface area contributed by atoms with E-state index in [0.29, 0.717) is 17.8 Å². The van der Waals surface area contributed by atoms with Gasteiger partial charge in [-0.3, -0.25) is 4.79 Å². The van der Waals surface area contributed by atoms with E-state index in [0.717, 1.165) is 11.4 Å². The lowest BCUT2D eigenvalue weighted by Crippen LogP contribution is -2.23. The molecule has 0 fully saturated rings. The molecule has 1 heterocycles. The minimum absolute atomic E-state index is 0.156. The second-order valence-electron chi connectivity index (χ2n) is 3.85. The van der Waals surface area contributed by atoms with Crippen molar-refractivity contribution in [1.29, 1.82) is 0 Å². The van der Waals surface area contributed by atoms with Crippen LogP contribution in [0.15, 0.2) is 30.6 Å². The van der Waals surface area contributed by atoms with Crippen LogP contribution in [0.3, 0.4) is 0 Å². The Morgan fingerprint density at radius 3 is 2.94 bits per heavy atom. The summed E-state index contributed by atoms with van der Waals surface area (Å²) in [6.45, 7) is 2.28. The van der Waals surface area contributed by atoms with Crippen LogP contribution in [0.25, 0.3) is 0 Å². The van der Waals surface area contributed by atoms with Crippen LogP contribution in [0, 0.1) is 6.92 Å². The first-order valence-corrected chi connectivity index (χ1v) is 5.29. The molecule has 1 aromatic heterocycles. The van der Waals surface area contributed by atoms with Crippen LogP contribution in [-0.2, 0) is 6.54 Å². The van der Waals surface area contributed by atoms with Crippen LogP contribution in [-0.4, -0.2) is 15.9 Å². The molecular formula is C12H14N4O. The topological polar surface area (TPSA) is 83.8 Å². The van der Waals surface area contributed by atoms with Gasteiger partial charge in [-0.15, -0.1) is 0 Å². The summed E-state index contributed by atoms with van der Waals surface area (Å²) in [5.41, 5.74) is 7.81. The van der Waals surface area contributed by atoms with Gasteiger partial charge in [0.2, 0.25) is 0 Å². The summed E-state index contributed by atoms with van der Waals surface area (Å²) in [5.74, 6) is 0.566. The number of imidazole rings is 1. The highest BCUT2D eigenvalue weighted by Gasteiger charge is 2.07. The number of aromatic nitrogens is 2. The molecular weight excluding hydrogens is 216 g/mol. The number of nitrogens with two attached hydrogens (primary N) is 1. The summed E-state index contributed by atoms with van der Waals surface area (Å²) in [7, 11) is 0. The highest BCUT2D eigenvalue weighted by atomic mass is 16.1. The number of benzene rings is 1. The Kier molecular flexibility index (Phi) is 3.09. The summed E-state index contributed by atoms with van der Waals surface area (Å²) in [6.07, 6.45) is 3.36. The number of amides is 1. The number of nitrogens with one attached hydrogen (secondary N) is 2. The number of nitrogen functional groups attached to an aromatic ring is 1. The lowest BCUT2D eigenvalue weighted by Gasteiger charge is -2.05. The first kappa shape index (κ1) is 11.2. The quantitative estimate of drug-likeness (QED) is 0.693. The van der Waals surface area contributed by atoms with Gasteiger partial charge in [0.05, 0.1) is 6.54 Å². The molecule has 5 nitrogen and oxygen atoms in total. The fourth-order valence-electron chi connectivity index (χ4n) is 1.60. The molecule has 17 heavy (non-hydrogen) atoms. The number of hydrogen-bond acceptors (Lipinski definition) is 3. The monoisotopic (exact) mass is 230 g/mol. The van der Waals surface area contributed by atoms with Gasteiger partial charge in [-0.05, 0) is 30.7 Å². The molecule has 4 N–H and O–H groups in total. The van der Waals surface area contributed by atoms with Gasteiger partial charge >= 0.3 is 0 Å². The number of carbonyl (C=O) groups excluding carboxylic acids is 1. The smallest absolute Gasteiger partial charge is 0.251 e. The number of nitrogens with zero attached hydrogens (tertiary/aromatic N) is 1. The Morgan fingerprint density at radius 2 is 2.29 bits per heavy atom. The zero-order valence-electron chi connectivity index (χ0n) is 9.53. The highest BCUT2D eigenvalue weighted by molar-refractivity contribution is 5.95. The van der Waals surface area contributed by atoms with Crippen molar-refractivity contribution in [2.75, 3.05) is 5.73 Å². The van der Waals surface area contributed by atoms with Crippen molar-refractivity contribution in [3.8, 4) is 0 Å². The fraction of sp³-hybridized carbons (Fsp3) is 0.167. The van der Waals surface area contributed by atoms with E-state index in [2.05, 4.69) is 15.3 Å². The third-order valence-corrected chi connectivity index (χ3v) is 2.33. The average Bonchev–Trinajstić information content (AvgIpc) is 2.77. The maximum atomic E-state index is 11.8. The molecule has 88 valence electrons. The number of H-pyrrole nitrogens is 1. The summed E-state index contributed by atoms with van der Waals surface area (Å²) < 4.78 is 0. The Labute approximate surface area is 99.1 Å². The van der Waals surface area contributed by atoms with Crippen molar-refractivity contribution in [2.24, 2.45) is 0 Å². The second kappa shape index (κ2) is 4.69. The minimum Gasteiger partial charge on any atom is -0.399 e. The summed E-state index contributed by atoms with van der Waals surface area (Å²) in [4.78, 5) is 18.8. The molecule has 2 aromatic rings. The van der Waals surface area contributed by atoms with Gasteiger partial charge in [0.25, 0.3) is 5.91 Å². The molecule has 2 rings (SSSR count). The number of anilines is 1. The maximum Gasteiger partial charge on any atom is 0.251 e. The van der Waals surface area contributed by atoms with Crippen LogP contribution in [0.4, 0.5) is 5.69 Å². The largest absolute Gasteiger partial charge is 0.399 e. The number of aromatic amines is 1. The van der Waals surface area contributed by atoms with Crippen LogP contribution in [0.2, 0.25) is 0 Å². The second-order valence-corrected chi connectivity index (χ2v) is 3.85. The Hall–Kier alpha value is -2.30.